The fraction of sp³-hybridized carbons (Fsp3) is 0.778. The first-order valence-corrected chi connectivity index (χ1v) is 4.68. The molecule has 4 nitrogen and oxygen atoms in total. The first-order valence-electron chi connectivity index (χ1n) is 4.68. The van der Waals surface area contributed by atoms with Gasteiger partial charge in [-0.15, -0.1) is 0 Å². The van der Waals surface area contributed by atoms with Crippen molar-refractivity contribution in [2.75, 3.05) is 6.54 Å². The van der Waals surface area contributed by atoms with Crippen molar-refractivity contribution in [2.24, 2.45) is 5.92 Å². The van der Waals surface area contributed by atoms with Crippen LogP contribution in [0.5, 0.6) is 0 Å². The highest BCUT2D eigenvalue weighted by atomic mass is 16.2. The summed E-state index contributed by atoms with van der Waals surface area (Å²) in [4.78, 5) is 24.1. The fourth-order valence-electron chi connectivity index (χ4n) is 2.09. The zero-order valence-corrected chi connectivity index (χ0v) is 7.96. The van der Waals surface area contributed by atoms with Gasteiger partial charge < -0.3 is 4.90 Å². The molecule has 0 radical (unpaired) electrons. The van der Waals surface area contributed by atoms with E-state index < -0.39 is 0 Å². The van der Waals surface area contributed by atoms with Crippen LogP contribution >= 0.6 is 0 Å². The van der Waals surface area contributed by atoms with Gasteiger partial charge in [0.15, 0.2) is 0 Å². The highest BCUT2D eigenvalue weighted by molar-refractivity contribution is 6.02. The summed E-state index contributed by atoms with van der Waals surface area (Å²) in [6.45, 7) is 4.45. The van der Waals surface area contributed by atoms with E-state index in [9.17, 15) is 9.59 Å². The smallest absolute Gasteiger partial charge is 0.309 e. The fourth-order valence-corrected chi connectivity index (χ4v) is 2.09. The van der Waals surface area contributed by atoms with E-state index in [2.05, 4.69) is 19.2 Å². The summed E-state index contributed by atoms with van der Waals surface area (Å²) in [7, 11) is 0. The van der Waals surface area contributed by atoms with Gasteiger partial charge in [-0.1, -0.05) is 13.8 Å². The van der Waals surface area contributed by atoms with E-state index in [1.165, 1.54) is 0 Å². The molecule has 0 aromatic heterocycles. The number of rotatable bonds is 2. The van der Waals surface area contributed by atoms with Crippen LogP contribution in [-0.4, -0.2) is 28.9 Å². The Bertz CT molecular complexity index is 269. The van der Waals surface area contributed by atoms with Crippen molar-refractivity contribution in [2.45, 2.75) is 32.2 Å². The third-order valence-electron chi connectivity index (χ3n) is 3.17. The van der Waals surface area contributed by atoms with Crippen LogP contribution in [0.4, 0.5) is 4.79 Å². The average Bonchev–Trinajstić information content (AvgIpc) is 2.75. The van der Waals surface area contributed by atoms with E-state index in [-0.39, 0.29) is 24.0 Å². The molecule has 0 aromatic rings. The van der Waals surface area contributed by atoms with Crippen molar-refractivity contribution in [1.29, 1.82) is 0 Å². The predicted octanol–water partition coefficient (Wildman–Crippen LogP) is 0.727. The topological polar surface area (TPSA) is 49.4 Å². The molecule has 1 saturated heterocycles. The SMILES string of the molecule is CC(C)C1(N2CC(=O)NC2=O)CC1. The Labute approximate surface area is 77.3 Å². The Morgan fingerprint density at radius 3 is 2.31 bits per heavy atom. The number of nitrogens with one attached hydrogen (secondary N) is 1. The van der Waals surface area contributed by atoms with Gasteiger partial charge >= 0.3 is 6.03 Å². The zero-order chi connectivity index (χ0) is 9.64. The van der Waals surface area contributed by atoms with Gasteiger partial charge in [-0.3, -0.25) is 10.1 Å². The Morgan fingerprint density at radius 2 is 2.00 bits per heavy atom. The van der Waals surface area contributed by atoms with Gasteiger partial charge in [0.1, 0.15) is 6.54 Å². The van der Waals surface area contributed by atoms with Gasteiger partial charge in [-0.25, -0.2) is 4.79 Å². The molecule has 2 aliphatic rings. The van der Waals surface area contributed by atoms with Gasteiger partial charge in [0.25, 0.3) is 0 Å². The lowest BCUT2D eigenvalue weighted by Gasteiger charge is -2.29. The van der Waals surface area contributed by atoms with Crippen LogP contribution in [0.25, 0.3) is 0 Å². The Balaban J connectivity index is 2.17. The number of hydrogen-bond donors (Lipinski definition) is 1. The first-order chi connectivity index (χ1) is 6.06. The van der Waals surface area contributed by atoms with Crippen molar-refractivity contribution < 1.29 is 9.59 Å². The minimum Gasteiger partial charge on any atom is -0.309 e. The molecule has 0 unspecified atom stereocenters. The van der Waals surface area contributed by atoms with Crippen molar-refractivity contribution in [3.63, 3.8) is 0 Å². The van der Waals surface area contributed by atoms with E-state index in [1.54, 1.807) is 4.90 Å². The van der Waals surface area contributed by atoms with E-state index in [1.807, 2.05) is 0 Å². The summed E-state index contributed by atoms with van der Waals surface area (Å²) in [5, 5.41) is 2.32. The maximum absolute atomic E-state index is 11.4. The number of nitrogens with zero attached hydrogens (tertiary/aromatic N) is 1. The molecule has 2 rings (SSSR count). The molecule has 4 heteroatoms. The van der Waals surface area contributed by atoms with Crippen LogP contribution in [-0.2, 0) is 4.79 Å². The third-order valence-corrected chi connectivity index (χ3v) is 3.17. The van der Waals surface area contributed by atoms with Crippen molar-refractivity contribution in [3.8, 4) is 0 Å². The predicted molar refractivity (Wildman–Crippen MR) is 47.0 cm³/mol. The molecule has 1 saturated carbocycles. The van der Waals surface area contributed by atoms with E-state index in [0.717, 1.165) is 12.8 Å². The molecular formula is C9H14N2O2. The standard InChI is InChI=1S/C9H14N2O2/c1-6(2)9(3-4-9)11-5-7(12)10-8(11)13/h6H,3-5H2,1-2H3,(H,10,12,13). The normalized spacial score (nSPS) is 25.3. The summed E-state index contributed by atoms with van der Waals surface area (Å²) in [5.41, 5.74) is -0.0176. The Kier molecular flexibility index (Phi) is 1.62. The second-order valence-corrected chi connectivity index (χ2v) is 4.20. The molecule has 0 aromatic carbocycles. The molecule has 13 heavy (non-hydrogen) atoms. The van der Waals surface area contributed by atoms with E-state index in [4.69, 9.17) is 0 Å². The van der Waals surface area contributed by atoms with Crippen LogP contribution in [0, 0.1) is 5.92 Å². The van der Waals surface area contributed by atoms with Gasteiger partial charge in [0.05, 0.1) is 0 Å². The first kappa shape index (κ1) is 8.53. The van der Waals surface area contributed by atoms with Crippen molar-refractivity contribution in [1.82, 2.24) is 10.2 Å². The highest BCUT2D eigenvalue weighted by Crippen LogP contribution is 2.48. The lowest BCUT2D eigenvalue weighted by Crippen LogP contribution is -2.43. The summed E-state index contributed by atoms with van der Waals surface area (Å²) < 4.78 is 0. The minimum absolute atomic E-state index is 0.0176. The van der Waals surface area contributed by atoms with Crippen LogP contribution in [0.2, 0.25) is 0 Å². The Morgan fingerprint density at radius 1 is 1.38 bits per heavy atom. The molecule has 0 bridgehead atoms. The van der Waals surface area contributed by atoms with Crippen molar-refractivity contribution >= 4 is 11.9 Å². The molecule has 1 heterocycles. The van der Waals surface area contributed by atoms with Crippen LogP contribution in [0.3, 0.4) is 0 Å². The van der Waals surface area contributed by atoms with E-state index in [0.29, 0.717) is 5.92 Å². The molecule has 0 atom stereocenters. The number of imide groups is 1. The lowest BCUT2D eigenvalue weighted by atomic mass is 10.0. The second kappa shape index (κ2) is 2.47. The van der Waals surface area contributed by atoms with E-state index >= 15 is 0 Å². The largest absolute Gasteiger partial charge is 0.325 e. The molecule has 0 spiro atoms. The highest BCUT2D eigenvalue weighted by Gasteiger charge is 2.54. The van der Waals surface area contributed by atoms with Crippen LogP contribution < -0.4 is 5.32 Å². The maximum atomic E-state index is 11.4. The lowest BCUT2D eigenvalue weighted by molar-refractivity contribution is -0.118. The third kappa shape index (κ3) is 1.12. The molecule has 1 aliphatic carbocycles. The Hall–Kier alpha value is -1.06. The van der Waals surface area contributed by atoms with Crippen molar-refractivity contribution in [3.05, 3.63) is 0 Å². The number of carbonyl (C=O) groups excluding carboxylic acids is 2. The summed E-state index contributed by atoms with van der Waals surface area (Å²) in [6, 6.07) is -0.212. The molecule has 1 aliphatic heterocycles. The maximum Gasteiger partial charge on any atom is 0.325 e. The van der Waals surface area contributed by atoms with Crippen LogP contribution in [0.1, 0.15) is 26.7 Å². The van der Waals surface area contributed by atoms with Gasteiger partial charge in [-0.05, 0) is 18.8 Å². The molecular weight excluding hydrogens is 168 g/mol. The molecule has 3 amide bonds. The van der Waals surface area contributed by atoms with Gasteiger partial charge in [0, 0.05) is 5.54 Å². The van der Waals surface area contributed by atoms with Crippen LogP contribution in [0.15, 0.2) is 0 Å². The average molecular weight is 182 g/mol. The molecule has 72 valence electrons. The second-order valence-electron chi connectivity index (χ2n) is 4.20. The number of urea groups is 1. The van der Waals surface area contributed by atoms with Gasteiger partial charge in [-0.2, -0.15) is 0 Å². The zero-order valence-electron chi connectivity index (χ0n) is 7.96. The molecule has 1 N–H and O–H groups in total. The van der Waals surface area contributed by atoms with Gasteiger partial charge in [0.2, 0.25) is 5.91 Å². The number of amides is 3. The molecule has 2 fully saturated rings. The summed E-state index contributed by atoms with van der Waals surface area (Å²) >= 11 is 0. The summed E-state index contributed by atoms with van der Waals surface area (Å²) in [5.74, 6) is 0.265. The quantitative estimate of drug-likeness (QED) is 0.640. The minimum atomic E-state index is -0.212. The number of hydrogen-bond acceptors (Lipinski definition) is 2. The monoisotopic (exact) mass is 182 g/mol. The number of carbonyl (C=O) groups is 2. The summed E-state index contributed by atoms with van der Waals surface area (Å²) in [6.07, 6.45) is 2.07.